The van der Waals surface area contributed by atoms with Crippen LogP contribution in [0.25, 0.3) is 0 Å². The van der Waals surface area contributed by atoms with Crippen molar-refractivity contribution in [2.45, 2.75) is 39.7 Å². The molecule has 2 aromatic carbocycles. The van der Waals surface area contributed by atoms with Gasteiger partial charge in [0.2, 0.25) is 11.7 Å². The molecule has 9 heteroatoms. The maximum Gasteiger partial charge on any atom is 0.324 e. The lowest BCUT2D eigenvalue weighted by molar-refractivity contribution is -0.139. The molecule has 0 N–H and O–H groups in total. The number of hydrogen-bond donors (Lipinski definition) is 0. The van der Waals surface area contributed by atoms with Crippen LogP contribution in [0.1, 0.15) is 51.1 Å². The van der Waals surface area contributed by atoms with Gasteiger partial charge in [0.05, 0.1) is 30.2 Å². The van der Waals surface area contributed by atoms with E-state index in [1.54, 1.807) is 27.2 Å². The summed E-state index contributed by atoms with van der Waals surface area (Å²) >= 11 is 0. The number of likely N-dealkylation sites (N-methyl/N-ethyl adjacent to an activating group) is 1. The fourth-order valence-corrected chi connectivity index (χ4v) is 4.96. The second-order valence-corrected chi connectivity index (χ2v) is 12.5. The number of nitrogens with zero attached hydrogens (tertiary/aromatic N) is 7. The van der Waals surface area contributed by atoms with Crippen LogP contribution in [0, 0.1) is 29.1 Å². The summed E-state index contributed by atoms with van der Waals surface area (Å²) in [5.74, 6) is 12.7. The number of allylic oxidation sites excluding steroid dienone is 1. The number of amides is 3. The summed E-state index contributed by atoms with van der Waals surface area (Å²) in [6.45, 7) is 10.1. The highest BCUT2D eigenvalue weighted by molar-refractivity contribution is 6.09. The Morgan fingerprint density at radius 2 is 1.38 bits per heavy atom. The third kappa shape index (κ3) is 7.76. The standard InChI is InChI=1S/C18H18N4O.C18H19N3O/c1-18(2)13-22(17(23)21(18)3)15-11-19-16(20-12-15)10-9-14-7-5-4-6-8-14;1-18(2)12-17(22)21(13-18)20-11-10-16(19-14-20)9-8-15-6-4-3-5-7-15/h4-8,11-12H,13H2,1-3H3;3-7,10-11H,12-14H2,1-2H3. The Morgan fingerprint density at radius 3 is 1.87 bits per heavy atom. The van der Waals surface area contributed by atoms with E-state index in [-0.39, 0.29) is 22.9 Å². The maximum absolute atomic E-state index is 12.3. The molecule has 9 nitrogen and oxygen atoms in total. The number of hydrogen-bond acceptors (Lipinski definition) is 6. The summed E-state index contributed by atoms with van der Waals surface area (Å²) in [6.07, 6.45) is 7.63. The van der Waals surface area contributed by atoms with E-state index in [4.69, 9.17) is 0 Å². The average Bonchev–Trinajstić information content (AvgIpc) is 3.45. The largest absolute Gasteiger partial charge is 0.324 e. The lowest BCUT2D eigenvalue weighted by atomic mass is 9.93. The number of aromatic nitrogens is 2. The maximum atomic E-state index is 12.3. The first-order valence-corrected chi connectivity index (χ1v) is 14.8. The fraction of sp³-hybridized carbons (Fsp3) is 0.306. The summed E-state index contributed by atoms with van der Waals surface area (Å²) in [6, 6.07) is 19.5. The number of aliphatic imine (C=N–C) groups is 1. The van der Waals surface area contributed by atoms with Crippen LogP contribution in [0.15, 0.2) is 90.3 Å². The molecule has 0 radical (unpaired) electrons. The summed E-state index contributed by atoms with van der Waals surface area (Å²) in [5.41, 5.74) is 3.14. The molecular weight excluding hydrogens is 562 g/mol. The monoisotopic (exact) mass is 599 g/mol. The van der Waals surface area contributed by atoms with Crippen molar-refractivity contribution in [1.29, 1.82) is 0 Å². The van der Waals surface area contributed by atoms with Crippen LogP contribution in [0.2, 0.25) is 0 Å². The Morgan fingerprint density at radius 1 is 0.778 bits per heavy atom. The fourth-order valence-electron chi connectivity index (χ4n) is 4.96. The average molecular weight is 600 g/mol. The second kappa shape index (κ2) is 13.1. The van der Waals surface area contributed by atoms with Gasteiger partial charge >= 0.3 is 6.03 Å². The zero-order chi connectivity index (χ0) is 32.0. The van der Waals surface area contributed by atoms with Gasteiger partial charge in [-0.15, -0.1) is 0 Å². The molecule has 2 saturated heterocycles. The van der Waals surface area contributed by atoms with E-state index in [2.05, 4.69) is 52.5 Å². The molecule has 0 aliphatic carbocycles. The van der Waals surface area contributed by atoms with Crippen molar-refractivity contribution in [3.63, 3.8) is 0 Å². The molecule has 3 amide bonds. The molecule has 4 heterocycles. The highest BCUT2D eigenvalue weighted by Crippen LogP contribution is 2.31. The Kier molecular flexibility index (Phi) is 9.01. The van der Waals surface area contributed by atoms with Gasteiger partial charge in [-0.25, -0.2) is 14.8 Å². The van der Waals surface area contributed by atoms with Crippen LogP contribution in [-0.2, 0) is 4.79 Å². The van der Waals surface area contributed by atoms with Crippen LogP contribution in [0.4, 0.5) is 10.5 Å². The number of anilines is 1. The molecule has 0 atom stereocenters. The topological polar surface area (TPSA) is 85.2 Å². The lowest BCUT2D eigenvalue weighted by Crippen LogP contribution is -2.42. The van der Waals surface area contributed by atoms with Crippen molar-refractivity contribution in [2.75, 3.05) is 31.7 Å². The third-order valence-electron chi connectivity index (χ3n) is 7.72. The van der Waals surface area contributed by atoms with Gasteiger partial charge < -0.3 is 4.90 Å². The number of carbonyl (C=O) groups excluding carboxylic acids is 2. The predicted octanol–water partition coefficient (Wildman–Crippen LogP) is 4.97. The van der Waals surface area contributed by atoms with Crippen LogP contribution in [-0.4, -0.2) is 74.9 Å². The summed E-state index contributed by atoms with van der Waals surface area (Å²) in [5, 5.41) is 3.65. The number of benzene rings is 2. The minimum Gasteiger partial charge on any atom is -0.320 e. The van der Waals surface area contributed by atoms with Gasteiger partial charge in [0, 0.05) is 37.3 Å². The number of hydrazine groups is 1. The van der Waals surface area contributed by atoms with Crippen molar-refractivity contribution in [1.82, 2.24) is 24.9 Å². The molecule has 3 aliphatic heterocycles. The van der Waals surface area contributed by atoms with E-state index in [9.17, 15) is 9.59 Å². The molecule has 6 rings (SSSR count). The highest BCUT2D eigenvalue weighted by atomic mass is 16.2. The zero-order valence-corrected chi connectivity index (χ0v) is 26.4. The van der Waals surface area contributed by atoms with Crippen LogP contribution in [0.3, 0.4) is 0 Å². The van der Waals surface area contributed by atoms with E-state index in [0.717, 1.165) is 23.4 Å². The molecular formula is C36H37N7O2. The van der Waals surface area contributed by atoms with Gasteiger partial charge in [0.25, 0.3) is 0 Å². The van der Waals surface area contributed by atoms with Crippen molar-refractivity contribution >= 4 is 23.3 Å². The highest BCUT2D eigenvalue weighted by Gasteiger charge is 2.41. The number of carbonyl (C=O) groups is 2. The Labute approximate surface area is 265 Å². The van der Waals surface area contributed by atoms with Crippen LogP contribution < -0.4 is 4.90 Å². The quantitative estimate of drug-likeness (QED) is 0.389. The molecule has 2 fully saturated rings. The first kappa shape index (κ1) is 31.0. The lowest BCUT2D eigenvalue weighted by Gasteiger charge is -2.31. The Bertz CT molecular complexity index is 1720. The summed E-state index contributed by atoms with van der Waals surface area (Å²) < 4.78 is 0. The summed E-state index contributed by atoms with van der Waals surface area (Å²) in [7, 11) is 1.81. The molecule has 1 aromatic heterocycles. The molecule has 45 heavy (non-hydrogen) atoms. The van der Waals surface area contributed by atoms with Crippen LogP contribution >= 0.6 is 0 Å². The minimum atomic E-state index is -0.205. The number of rotatable bonds is 2. The molecule has 0 unspecified atom stereocenters. The van der Waals surface area contributed by atoms with E-state index >= 15 is 0 Å². The first-order chi connectivity index (χ1) is 21.5. The molecule has 3 aromatic rings. The molecule has 0 saturated carbocycles. The number of urea groups is 1. The van der Waals surface area contributed by atoms with Crippen molar-refractivity contribution in [3.8, 4) is 23.7 Å². The predicted molar refractivity (Wildman–Crippen MR) is 176 cm³/mol. The van der Waals surface area contributed by atoms with E-state index in [0.29, 0.717) is 31.1 Å². The van der Waals surface area contributed by atoms with Crippen molar-refractivity contribution in [3.05, 3.63) is 102 Å². The van der Waals surface area contributed by atoms with Gasteiger partial charge in [-0.1, -0.05) is 62.1 Å². The van der Waals surface area contributed by atoms with E-state index in [1.807, 2.05) is 98.8 Å². The SMILES string of the molecule is CC1(C)CC(=O)N(N2C=CC(C#Cc3ccccc3)=NC2)C1.CN1C(=O)N(c2cnc(C#Cc3ccccc3)nc2)CC1(C)C. The molecule has 3 aliphatic rings. The van der Waals surface area contributed by atoms with Crippen molar-refractivity contribution in [2.24, 2.45) is 10.4 Å². The van der Waals surface area contributed by atoms with Gasteiger partial charge in [-0.3, -0.25) is 24.7 Å². The third-order valence-corrected chi connectivity index (χ3v) is 7.72. The molecule has 228 valence electrons. The molecule has 0 bridgehead atoms. The minimum absolute atomic E-state index is 0.0298. The van der Waals surface area contributed by atoms with Crippen molar-refractivity contribution < 1.29 is 9.59 Å². The van der Waals surface area contributed by atoms with E-state index in [1.165, 1.54) is 0 Å². The zero-order valence-electron chi connectivity index (χ0n) is 26.4. The second-order valence-electron chi connectivity index (χ2n) is 12.5. The Hall–Kier alpha value is -5.41. The van der Waals surface area contributed by atoms with Crippen LogP contribution in [0.5, 0.6) is 0 Å². The van der Waals surface area contributed by atoms with Gasteiger partial charge in [-0.05, 0) is 61.4 Å². The van der Waals surface area contributed by atoms with E-state index < -0.39 is 0 Å². The first-order valence-electron chi connectivity index (χ1n) is 14.8. The summed E-state index contributed by atoms with van der Waals surface area (Å²) in [4.78, 5) is 40.7. The van der Waals surface area contributed by atoms with Gasteiger partial charge in [0.15, 0.2) is 0 Å². The Balaban J connectivity index is 0.000000178. The normalized spacial score (nSPS) is 17.9. The molecule has 0 spiro atoms. The smallest absolute Gasteiger partial charge is 0.320 e. The van der Waals surface area contributed by atoms with Gasteiger partial charge in [0.1, 0.15) is 12.4 Å². The van der Waals surface area contributed by atoms with Gasteiger partial charge in [-0.2, -0.15) is 0 Å².